The molecule has 2 atom stereocenters. The number of aliphatic imine (C=N–C) groups is 2. The summed E-state index contributed by atoms with van der Waals surface area (Å²) < 4.78 is 6.16. The predicted molar refractivity (Wildman–Crippen MR) is 133 cm³/mol. The lowest BCUT2D eigenvalue weighted by atomic mass is 10.1. The number of rotatable bonds is 7. The van der Waals surface area contributed by atoms with Crippen molar-refractivity contribution in [2.45, 2.75) is 40.5 Å². The van der Waals surface area contributed by atoms with Crippen molar-refractivity contribution >= 4 is 35.3 Å². The van der Waals surface area contributed by atoms with E-state index < -0.39 is 6.35 Å². The summed E-state index contributed by atoms with van der Waals surface area (Å²) in [5.74, 6) is 2.48. The quantitative estimate of drug-likeness (QED) is 0.416. The number of ether oxygens (including phenoxy) is 1. The summed E-state index contributed by atoms with van der Waals surface area (Å²) in [5.41, 5.74) is 5.03. The molecule has 3 aromatic rings. The lowest BCUT2D eigenvalue weighted by Crippen LogP contribution is -2.23. The highest BCUT2D eigenvalue weighted by atomic mass is 16.5. The van der Waals surface area contributed by atoms with Gasteiger partial charge in [0, 0.05) is 18.0 Å². The molecule has 170 valence electrons. The van der Waals surface area contributed by atoms with Crippen LogP contribution in [0.3, 0.4) is 0 Å². The van der Waals surface area contributed by atoms with Crippen LogP contribution < -0.4 is 15.4 Å². The van der Waals surface area contributed by atoms with Gasteiger partial charge in [-0.25, -0.2) is 15.0 Å². The molecule has 0 aliphatic carbocycles. The van der Waals surface area contributed by atoms with E-state index in [0.717, 1.165) is 40.4 Å². The Bertz CT molecular complexity index is 1210. The number of aliphatic hydroxyl groups is 1. The molecule has 8 nitrogen and oxygen atoms in total. The minimum atomic E-state index is -1.02. The second kappa shape index (κ2) is 9.79. The topological polar surface area (TPSA) is 104 Å². The Hall–Kier alpha value is -3.78. The molecule has 1 aliphatic heterocycles. The van der Waals surface area contributed by atoms with Gasteiger partial charge in [0.25, 0.3) is 0 Å². The predicted octanol–water partition coefficient (Wildman–Crippen LogP) is 5.50. The van der Waals surface area contributed by atoms with Crippen LogP contribution in [0.5, 0.6) is 11.5 Å². The number of aliphatic hydroxyl groups excluding tert-OH is 1. The number of nitrogens with one attached hydrogen (secondary N) is 2. The van der Waals surface area contributed by atoms with E-state index in [4.69, 9.17) is 4.74 Å². The Morgan fingerprint density at radius 2 is 2.03 bits per heavy atom. The van der Waals surface area contributed by atoms with Crippen molar-refractivity contribution in [3.63, 3.8) is 0 Å². The van der Waals surface area contributed by atoms with Crippen LogP contribution in [0.15, 0.2) is 52.7 Å². The summed E-state index contributed by atoms with van der Waals surface area (Å²) >= 11 is 0. The van der Waals surface area contributed by atoms with Gasteiger partial charge in [-0.15, -0.1) is 0 Å². The average Bonchev–Trinajstić information content (AvgIpc) is 2.81. The Morgan fingerprint density at radius 1 is 1.18 bits per heavy atom. The van der Waals surface area contributed by atoms with E-state index >= 15 is 0 Å². The van der Waals surface area contributed by atoms with Gasteiger partial charge in [-0.2, -0.15) is 0 Å². The van der Waals surface area contributed by atoms with Crippen molar-refractivity contribution in [2.24, 2.45) is 15.9 Å². The highest BCUT2D eigenvalue weighted by Crippen LogP contribution is 2.33. The zero-order valence-corrected chi connectivity index (χ0v) is 19.2. The van der Waals surface area contributed by atoms with Crippen LogP contribution in [-0.4, -0.2) is 33.9 Å². The molecule has 0 spiro atoms. The lowest BCUT2D eigenvalue weighted by molar-refractivity contribution is 0.213. The fraction of sp³-hybridized carbons (Fsp3) is 0.280. The first kappa shape index (κ1) is 22.4. The molecule has 1 aromatic heterocycles. The van der Waals surface area contributed by atoms with E-state index in [0.29, 0.717) is 23.1 Å². The number of nitrogens with zero attached hydrogens (tertiary/aromatic N) is 4. The molecular formula is C25H28N6O2. The molecular weight excluding hydrogens is 416 g/mol. The smallest absolute Gasteiger partial charge is 0.223 e. The van der Waals surface area contributed by atoms with E-state index in [1.165, 1.54) is 12.5 Å². The second-order valence-electron chi connectivity index (χ2n) is 8.10. The third-order valence-corrected chi connectivity index (χ3v) is 5.45. The van der Waals surface area contributed by atoms with Crippen molar-refractivity contribution in [1.82, 2.24) is 9.97 Å². The molecule has 0 amide bonds. The summed E-state index contributed by atoms with van der Waals surface area (Å²) in [6.07, 6.45) is 5.00. The highest BCUT2D eigenvalue weighted by molar-refractivity contribution is 5.92. The van der Waals surface area contributed by atoms with Crippen LogP contribution in [0, 0.1) is 19.8 Å². The maximum absolute atomic E-state index is 9.76. The number of hydrogen-bond donors (Lipinski definition) is 3. The first-order valence-electron chi connectivity index (χ1n) is 11.0. The molecule has 8 heteroatoms. The standard InChI is InChI=1S/C25H28N6O2/c1-5-15(2)12-26-20-11-19(8-6-16(20)3)33-22-9-7-18(10-17(22)4)30-24-23-21(28-14-29-24)13-27-25(32)31-23/h6-15,25,31-32H,5H2,1-4H3,(H,28,29,30). The van der Waals surface area contributed by atoms with Gasteiger partial charge >= 0.3 is 0 Å². The number of hydrogen-bond acceptors (Lipinski definition) is 8. The molecule has 2 aromatic carbocycles. The maximum atomic E-state index is 9.76. The molecule has 2 unspecified atom stereocenters. The zero-order chi connectivity index (χ0) is 23.4. The summed E-state index contributed by atoms with van der Waals surface area (Å²) in [6.45, 7) is 8.34. The van der Waals surface area contributed by atoms with Gasteiger partial charge in [0.1, 0.15) is 29.2 Å². The van der Waals surface area contributed by atoms with Crippen LogP contribution in [-0.2, 0) is 0 Å². The minimum Gasteiger partial charge on any atom is -0.457 e. The zero-order valence-electron chi connectivity index (χ0n) is 19.2. The first-order valence-corrected chi connectivity index (χ1v) is 11.0. The normalized spacial score (nSPS) is 15.7. The lowest BCUT2D eigenvalue weighted by Gasteiger charge is -2.19. The van der Waals surface area contributed by atoms with Crippen molar-refractivity contribution in [3.8, 4) is 11.5 Å². The van der Waals surface area contributed by atoms with Gasteiger partial charge in [0.05, 0.1) is 11.9 Å². The highest BCUT2D eigenvalue weighted by Gasteiger charge is 2.17. The molecule has 33 heavy (non-hydrogen) atoms. The monoisotopic (exact) mass is 444 g/mol. The number of aryl methyl sites for hydroxylation is 2. The van der Waals surface area contributed by atoms with Crippen molar-refractivity contribution < 1.29 is 9.84 Å². The van der Waals surface area contributed by atoms with E-state index in [1.807, 2.05) is 56.5 Å². The molecule has 1 aliphatic rings. The van der Waals surface area contributed by atoms with Gasteiger partial charge < -0.3 is 20.5 Å². The first-order chi connectivity index (χ1) is 15.9. The number of anilines is 3. The number of aromatic nitrogens is 2. The largest absolute Gasteiger partial charge is 0.457 e. The minimum absolute atomic E-state index is 0.433. The number of benzene rings is 2. The van der Waals surface area contributed by atoms with Crippen LogP contribution in [0.4, 0.5) is 22.9 Å². The molecule has 0 saturated heterocycles. The van der Waals surface area contributed by atoms with E-state index in [9.17, 15) is 5.11 Å². The molecule has 0 fully saturated rings. The summed E-state index contributed by atoms with van der Waals surface area (Å²) in [7, 11) is 0. The molecule has 4 rings (SSSR count). The Labute approximate surface area is 193 Å². The van der Waals surface area contributed by atoms with Crippen molar-refractivity contribution in [3.05, 3.63) is 59.5 Å². The van der Waals surface area contributed by atoms with Gasteiger partial charge in [0.15, 0.2) is 5.82 Å². The van der Waals surface area contributed by atoms with E-state index in [1.54, 1.807) is 0 Å². The van der Waals surface area contributed by atoms with Crippen LogP contribution in [0.1, 0.15) is 37.1 Å². The second-order valence-corrected chi connectivity index (χ2v) is 8.10. The van der Waals surface area contributed by atoms with E-state index in [2.05, 4.69) is 44.4 Å². The van der Waals surface area contributed by atoms with Gasteiger partial charge in [-0.05, 0) is 61.6 Å². The molecule has 0 saturated carbocycles. The molecule has 0 radical (unpaired) electrons. The summed E-state index contributed by atoms with van der Waals surface area (Å²) in [5, 5.41) is 15.9. The van der Waals surface area contributed by atoms with E-state index in [-0.39, 0.29) is 0 Å². The fourth-order valence-corrected chi connectivity index (χ4v) is 3.25. The fourth-order valence-electron chi connectivity index (χ4n) is 3.25. The Kier molecular flexibility index (Phi) is 6.65. The van der Waals surface area contributed by atoms with Gasteiger partial charge in [-0.1, -0.05) is 19.9 Å². The van der Waals surface area contributed by atoms with Crippen LogP contribution in [0.2, 0.25) is 0 Å². The maximum Gasteiger partial charge on any atom is 0.223 e. The summed E-state index contributed by atoms with van der Waals surface area (Å²) in [6, 6.07) is 11.7. The van der Waals surface area contributed by atoms with Crippen molar-refractivity contribution in [2.75, 3.05) is 10.6 Å². The van der Waals surface area contributed by atoms with Gasteiger partial charge in [0.2, 0.25) is 6.35 Å². The summed E-state index contributed by atoms with van der Waals surface area (Å²) in [4.78, 5) is 17.0. The Balaban J connectivity index is 1.52. The van der Waals surface area contributed by atoms with Crippen LogP contribution >= 0.6 is 0 Å². The van der Waals surface area contributed by atoms with Gasteiger partial charge in [-0.3, -0.25) is 4.99 Å². The molecule has 3 N–H and O–H groups in total. The molecule has 2 heterocycles. The number of fused-ring (bicyclic) bond motifs is 1. The van der Waals surface area contributed by atoms with Crippen molar-refractivity contribution in [1.29, 1.82) is 0 Å². The average molecular weight is 445 g/mol. The SMILES string of the molecule is CCC(C)C=Nc1cc(Oc2ccc(Nc3ncnc4c3NC(O)N=C4)cc2C)ccc1C. The molecule has 0 bridgehead atoms. The van der Waals surface area contributed by atoms with Crippen LogP contribution in [0.25, 0.3) is 0 Å². The Morgan fingerprint density at radius 3 is 2.82 bits per heavy atom. The third-order valence-electron chi connectivity index (χ3n) is 5.45. The third kappa shape index (κ3) is 5.35.